The third-order valence-electron chi connectivity index (χ3n) is 1.77. The Morgan fingerprint density at radius 3 is 2.67 bits per heavy atom. The highest BCUT2D eigenvalue weighted by Crippen LogP contribution is 2.19. The van der Waals surface area contributed by atoms with Gasteiger partial charge in [0.05, 0.1) is 18.8 Å². The zero-order chi connectivity index (χ0) is 6.85. The van der Waals surface area contributed by atoms with Crippen molar-refractivity contribution >= 4 is 0 Å². The fourth-order valence-electron chi connectivity index (χ4n) is 1.02. The maximum Gasteiger partial charge on any atom is 0.0883 e. The molecule has 2 heteroatoms. The molecule has 0 aromatic heterocycles. The van der Waals surface area contributed by atoms with Crippen molar-refractivity contribution in [3.63, 3.8) is 0 Å². The van der Waals surface area contributed by atoms with E-state index in [4.69, 9.17) is 4.74 Å². The van der Waals surface area contributed by atoms with Gasteiger partial charge in [0.1, 0.15) is 0 Å². The quantitative estimate of drug-likeness (QED) is 0.523. The van der Waals surface area contributed by atoms with E-state index in [-0.39, 0.29) is 18.1 Å². The average molecular weight is 128 g/mol. The van der Waals surface area contributed by atoms with Crippen LogP contribution in [0.15, 0.2) is 12.7 Å². The van der Waals surface area contributed by atoms with Crippen molar-refractivity contribution in [3.8, 4) is 0 Å². The van der Waals surface area contributed by atoms with Gasteiger partial charge in [0.15, 0.2) is 0 Å². The Hall–Kier alpha value is -0.340. The van der Waals surface area contributed by atoms with Crippen LogP contribution >= 0.6 is 0 Å². The van der Waals surface area contributed by atoms with Crippen LogP contribution < -0.4 is 0 Å². The van der Waals surface area contributed by atoms with Crippen molar-refractivity contribution in [2.45, 2.75) is 19.1 Å². The number of aliphatic hydroxyl groups is 1. The van der Waals surface area contributed by atoms with Crippen LogP contribution in [0.5, 0.6) is 0 Å². The van der Waals surface area contributed by atoms with Gasteiger partial charge < -0.3 is 9.84 Å². The fraction of sp³-hybridized carbons (Fsp3) is 0.714. The molecule has 1 fully saturated rings. The van der Waals surface area contributed by atoms with Crippen molar-refractivity contribution in [2.75, 3.05) is 6.61 Å². The smallest absolute Gasteiger partial charge is 0.0883 e. The van der Waals surface area contributed by atoms with Gasteiger partial charge in [-0.25, -0.2) is 0 Å². The molecule has 3 atom stereocenters. The van der Waals surface area contributed by atoms with E-state index >= 15 is 0 Å². The molecule has 0 spiro atoms. The molecule has 0 saturated carbocycles. The normalized spacial score (nSPS) is 43.1. The van der Waals surface area contributed by atoms with Crippen molar-refractivity contribution in [1.29, 1.82) is 0 Å². The van der Waals surface area contributed by atoms with E-state index in [1.807, 2.05) is 6.92 Å². The Labute approximate surface area is 55.1 Å². The van der Waals surface area contributed by atoms with E-state index in [0.717, 1.165) is 0 Å². The van der Waals surface area contributed by atoms with Gasteiger partial charge in [0.2, 0.25) is 0 Å². The SMILES string of the molecule is C=C[C@H]1CO[C@@H](C)[C@@H]1O. The molecule has 1 aliphatic heterocycles. The highest BCUT2D eigenvalue weighted by atomic mass is 16.5. The summed E-state index contributed by atoms with van der Waals surface area (Å²) in [5.74, 6) is 0.139. The number of hydrogen-bond donors (Lipinski definition) is 1. The number of aliphatic hydroxyl groups excluding tert-OH is 1. The summed E-state index contributed by atoms with van der Waals surface area (Å²) in [4.78, 5) is 0. The highest BCUT2D eigenvalue weighted by molar-refractivity contribution is 4.91. The standard InChI is InChI=1S/C7H12O2/c1-3-6-4-9-5(2)7(6)8/h3,5-8H,1,4H2,2H3/t5-,6-,7-/m0/s1. The Bertz CT molecular complexity index is 111. The Balaban J connectivity index is 2.50. The zero-order valence-electron chi connectivity index (χ0n) is 5.58. The third kappa shape index (κ3) is 1.14. The second-order valence-corrected chi connectivity index (χ2v) is 2.43. The van der Waals surface area contributed by atoms with E-state index in [2.05, 4.69) is 6.58 Å². The van der Waals surface area contributed by atoms with Crippen LogP contribution in [0.3, 0.4) is 0 Å². The van der Waals surface area contributed by atoms with Gasteiger partial charge in [-0.2, -0.15) is 0 Å². The predicted molar refractivity (Wildman–Crippen MR) is 35.1 cm³/mol. The zero-order valence-corrected chi connectivity index (χ0v) is 5.58. The van der Waals surface area contributed by atoms with Crippen LogP contribution in [0.4, 0.5) is 0 Å². The van der Waals surface area contributed by atoms with Gasteiger partial charge in [-0.05, 0) is 6.92 Å². The van der Waals surface area contributed by atoms with E-state index in [9.17, 15) is 5.11 Å². The second-order valence-electron chi connectivity index (χ2n) is 2.43. The van der Waals surface area contributed by atoms with Crippen LogP contribution in [0.2, 0.25) is 0 Å². The molecule has 1 aliphatic rings. The first kappa shape index (κ1) is 6.78. The van der Waals surface area contributed by atoms with E-state index < -0.39 is 0 Å². The molecular weight excluding hydrogens is 116 g/mol. The molecule has 0 aromatic rings. The first-order valence-corrected chi connectivity index (χ1v) is 3.18. The molecule has 0 amide bonds. The number of rotatable bonds is 1. The summed E-state index contributed by atoms with van der Waals surface area (Å²) in [5, 5.41) is 9.26. The van der Waals surface area contributed by atoms with Gasteiger partial charge in [-0.15, -0.1) is 6.58 Å². The lowest BCUT2D eigenvalue weighted by Crippen LogP contribution is -2.22. The van der Waals surface area contributed by atoms with Gasteiger partial charge in [-0.3, -0.25) is 0 Å². The van der Waals surface area contributed by atoms with Gasteiger partial charge >= 0.3 is 0 Å². The molecule has 9 heavy (non-hydrogen) atoms. The topological polar surface area (TPSA) is 29.5 Å². The average Bonchev–Trinajstić information content (AvgIpc) is 2.15. The molecule has 52 valence electrons. The molecule has 0 radical (unpaired) electrons. The number of hydrogen-bond acceptors (Lipinski definition) is 2. The van der Waals surface area contributed by atoms with Crippen LogP contribution in [-0.2, 0) is 4.74 Å². The lowest BCUT2D eigenvalue weighted by atomic mass is 10.0. The van der Waals surface area contributed by atoms with Crippen LogP contribution in [0.25, 0.3) is 0 Å². The van der Waals surface area contributed by atoms with Crippen molar-refractivity contribution in [2.24, 2.45) is 5.92 Å². The van der Waals surface area contributed by atoms with Crippen molar-refractivity contribution < 1.29 is 9.84 Å². The van der Waals surface area contributed by atoms with Crippen LogP contribution in [0.1, 0.15) is 6.92 Å². The molecule has 1 heterocycles. The van der Waals surface area contributed by atoms with Gasteiger partial charge in [0, 0.05) is 5.92 Å². The fourth-order valence-corrected chi connectivity index (χ4v) is 1.02. The van der Waals surface area contributed by atoms with E-state index in [1.165, 1.54) is 0 Å². The summed E-state index contributed by atoms with van der Waals surface area (Å²) in [6.45, 7) is 6.07. The summed E-state index contributed by atoms with van der Waals surface area (Å²) in [7, 11) is 0. The first-order valence-electron chi connectivity index (χ1n) is 3.18. The minimum Gasteiger partial charge on any atom is -0.390 e. The Kier molecular flexibility index (Phi) is 1.88. The Morgan fingerprint density at radius 2 is 2.44 bits per heavy atom. The summed E-state index contributed by atoms with van der Waals surface area (Å²) in [6, 6.07) is 0. The molecular formula is C7H12O2. The summed E-state index contributed by atoms with van der Waals surface area (Å²) in [6.07, 6.45) is 1.38. The van der Waals surface area contributed by atoms with Gasteiger partial charge in [0.25, 0.3) is 0 Å². The van der Waals surface area contributed by atoms with Crippen LogP contribution in [-0.4, -0.2) is 23.9 Å². The molecule has 0 bridgehead atoms. The minimum atomic E-state index is -0.345. The predicted octanol–water partition coefficient (Wildman–Crippen LogP) is 0.568. The molecule has 1 saturated heterocycles. The van der Waals surface area contributed by atoms with Crippen LogP contribution in [0, 0.1) is 5.92 Å². The first-order chi connectivity index (χ1) is 4.25. The lowest BCUT2D eigenvalue weighted by molar-refractivity contribution is 0.0535. The molecule has 0 aliphatic carbocycles. The van der Waals surface area contributed by atoms with Gasteiger partial charge in [-0.1, -0.05) is 6.08 Å². The maximum absolute atomic E-state index is 9.26. The summed E-state index contributed by atoms with van der Waals surface area (Å²) >= 11 is 0. The van der Waals surface area contributed by atoms with Crippen molar-refractivity contribution in [3.05, 3.63) is 12.7 Å². The number of ether oxygens (including phenoxy) is 1. The summed E-state index contributed by atoms with van der Waals surface area (Å²) in [5.41, 5.74) is 0. The highest BCUT2D eigenvalue weighted by Gasteiger charge is 2.29. The lowest BCUT2D eigenvalue weighted by Gasteiger charge is -2.08. The maximum atomic E-state index is 9.26. The Morgan fingerprint density at radius 1 is 1.78 bits per heavy atom. The monoisotopic (exact) mass is 128 g/mol. The van der Waals surface area contributed by atoms with E-state index in [0.29, 0.717) is 6.61 Å². The third-order valence-corrected chi connectivity index (χ3v) is 1.77. The molecule has 1 rings (SSSR count). The summed E-state index contributed by atoms with van der Waals surface area (Å²) < 4.78 is 5.15. The molecule has 0 unspecified atom stereocenters. The van der Waals surface area contributed by atoms with E-state index in [1.54, 1.807) is 6.08 Å². The van der Waals surface area contributed by atoms with Crippen molar-refractivity contribution in [1.82, 2.24) is 0 Å². The molecule has 2 nitrogen and oxygen atoms in total. The second kappa shape index (κ2) is 2.50. The minimum absolute atomic E-state index is 0.0204. The largest absolute Gasteiger partial charge is 0.390 e. The molecule has 0 aromatic carbocycles. The molecule has 1 N–H and O–H groups in total.